The summed E-state index contributed by atoms with van der Waals surface area (Å²) in [6.07, 6.45) is 3.20. The quantitative estimate of drug-likeness (QED) is 0.190. The molecule has 37 heavy (non-hydrogen) atoms. The number of hydrogen-bond donors (Lipinski definition) is 1. The lowest BCUT2D eigenvalue weighted by Gasteiger charge is -2.20. The van der Waals surface area contributed by atoms with E-state index in [4.69, 9.17) is 21.0 Å². The van der Waals surface area contributed by atoms with Crippen molar-refractivity contribution in [2.45, 2.75) is 37.2 Å². The molecule has 2 aromatic heterocycles. The minimum Gasteiger partial charge on any atom is -0.459 e. The molecule has 5 rings (SSSR count). The van der Waals surface area contributed by atoms with E-state index in [0.29, 0.717) is 18.0 Å². The normalized spacial score (nSPS) is 12.1. The maximum absolute atomic E-state index is 13.1. The predicted octanol–water partition coefficient (Wildman–Crippen LogP) is 7.55. The summed E-state index contributed by atoms with van der Waals surface area (Å²) >= 11 is 8.14. The Labute approximate surface area is 225 Å². The molecule has 0 bridgehead atoms. The second-order valence-electron chi connectivity index (χ2n) is 8.88. The van der Waals surface area contributed by atoms with Gasteiger partial charge in [0.25, 0.3) is 5.91 Å². The molecule has 7 heteroatoms. The number of rotatable bonds is 10. The van der Waals surface area contributed by atoms with Crippen LogP contribution in [0.25, 0.3) is 11.0 Å². The fourth-order valence-electron chi connectivity index (χ4n) is 4.38. The van der Waals surface area contributed by atoms with Crippen LogP contribution in [0.2, 0.25) is 5.02 Å². The first-order chi connectivity index (χ1) is 18.1. The molecule has 0 aliphatic carbocycles. The summed E-state index contributed by atoms with van der Waals surface area (Å²) in [4.78, 5) is 19.4. The van der Waals surface area contributed by atoms with Crippen LogP contribution in [0.1, 0.15) is 46.9 Å². The molecule has 0 radical (unpaired) electrons. The Morgan fingerprint density at radius 2 is 1.86 bits per heavy atom. The molecule has 3 aromatic carbocycles. The third kappa shape index (κ3) is 6.09. The zero-order valence-electron chi connectivity index (χ0n) is 20.6. The summed E-state index contributed by atoms with van der Waals surface area (Å²) in [6.45, 7) is 2.76. The second kappa shape index (κ2) is 11.7. The third-order valence-electron chi connectivity index (χ3n) is 6.10. The van der Waals surface area contributed by atoms with E-state index in [1.807, 2.05) is 48.2 Å². The molecule has 188 valence electrons. The Kier molecular flexibility index (Phi) is 7.97. The fourth-order valence-corrected chi connectivity index (χ4v) is 5.39. The Hall–Kier alpha value is -3.48. The molecule has 5 nitrogen and oxygen atoms in total. The van der Waals surface area contributed by atoms with Gasteiger partial charge in [0.2, 0.25) is 0 Å². The lowest BCUT2D eigenvalue weighted by molar-refractivity contribution is 0.0906. The van der Waals surface area contributed by atoms with Crippen LogP contribution in [0.15, 0.2) is 101 Å². The van der Waals surface area contributed by atoms with Gasteiger partial charge in [0, 0.05) is 16.5 Å². The van der Waals surface area contributed by atoms with E-state index in [2.05, 4.69) is 53.2 Å². The highest BCUT2D eigenvalue weighted by atomic mass is 35.5. The van der Waals surface area contributed by atoms with E-state index in [1.165, 1.54) is 11.2 Å². The molecule has 2 heterocycles. The molecule has 0 spiro atoms. The van der Waals surface area contributed by atoms with Crippen molar-refractivity contribution in [3.05, 3.63) is 119 Å². The minimum atomic E-state index is -0.377. The molecular weight excluding hydrogens is 502 g/mol. The van der Waals surface area contributed by atoms with Gasteiger partial charge in [-0.3, -0.25) is 4.79 Å². The van der Waals surface area contributed by atoms with Crippen molar-refractivity contribution in [3.63, 3.8) is 0 Å². The van der Waals surface area contributed by atoms with Crippen molar-refractivity contribution < 1.29 is 9.21 Å². The second-order valence-corrected chi connectivity index (χ2v) is 10.5. The zero-order valence-corrected chi connectivity index (χ0v) is 22.1. The number of halogens is 1. The average Bonchev–Trinajstić information content (AvgIpc) is 3.57. The highest BCUT2D eigenvalue weighted by Gasteiger charge is 2.24. The Morgan fingerprint density at radius 1 is 1.03 bits per heavy atom. The summed E-state index contributed by atoms with van der Waals surface area (Å²) in [5.41, 5.74) is 4.09. The number of furan rings is 1. The number of carbonyl (C=O) groups excluding carboxylic acids is 1. The Balaban J connectivity index is 1.60. The van der Waals surface area contributed by atoms with Gasteiger partial charge in [0.15, 0.2) is 5.76 Å². The van der Waals surface area contributed by atoms with Gasteiger partial charge in [-0.2, -0.15) is 0 Å². The molecule has 0 fully saturated rings. The highest BCUT2D eigenvalue weighted by molar-refractivity contribution is 7.99. The first-order valence-corrected chi connectivity index (χ1v) is 13.7. The van der Waals surface area contributed by atoms with E-state index in [9.17, 15) is 4.79 Å². The molecule has 0 saturated heterocycles. The van der Waals surface area contributed by atoms with Crippen LogP contribution in [0.3, 0.4) is 0 Å². The van der Waals surface area contributed by atoms with Crippen LogP contribution in [0.5, 0.6) is 0 Å². The summed E-state index contributed by atoms with van der Waals surface area (Å²) in [5.74, 6) is 1.84. The monoisotopic (exact) mass is 529 g/mol. The number of nitrogens with zero attached hydrogens (tertiary/aromatic N) is 2. The van der Waals surface area contributed by atoms with Crippen molar-refractivity contribution in [3.8, 4) is 0 Å². The maximum atomic E-state index is 13.1. The Morgan fingerprint density at radius 3 is 2.62 bits per heavy atom. The van der Waals surface area contributed by atoms with Crippen LogP contribution < -0.4 is 5.32 Å². The van der Waals surface area contributed by atoms with E-state index < -0.39 is 0 Å². The van der Waals surface area contributed by atoms with Gasteiger partial charge in [-0.05, 0) is 72.2 Å². The smallest absolute Gasteiger partial charge is 0.287 e. The number of benzene rings is 3. The average molecular weight is 530 g/mol. The SMILES string of the molecule is CCCSc1ccc2c(c1)nc(C(Cc1ccccc1)NC(=O)c1ccco1)n2Cc1cccc(Cl)c1. The summed E-state index contributed by atoms with van der Waals surface area (Å²) < 4.78 is 7.56. The van der Waals surface area contributed by atoms with Gasteiger partial charge in [-0.1, -0.05) is 61.0 Å². The van der Waals surface area contributed by atoms with E-state index >= 15 is 0 Å². The molecule has 1 unspecified atom stereocenters. The van der Waals surface area contributed by atoms with Gasteiger partial charge >= 0.3 is 0 Å². The van der Waals surface area contributed by atoms with Crippen molar-refractivity contribution in [2.75, 3.05) is 5.75 Å². The first-order valence-electron chi connectivity index (χ1n) is 12.4. The summed E-state index contributed by atoms with van der Waals surface area (Å²) in [7, 11) is 0. The minimum absolute atomic E-state index is 0.272. The summed E-state index contributed by atoms with van der Waals surface area (Å²) in [5, 5.41) is 3.87. The van der Waals surface area contributed by atoms with Gasteiger partial charge in [0.1, 0.15) is 5.82 Å². The lowest BCUT2D eigenvalue weighted by atomic mass is 10.0. The molecule has 0 aliphatic rings. The van der Waals surface area contributed by atoms with Gasteiger partial charge < -0.3 is 14.3 Å². The topological polar surface area (TPSA) is 60.1 Å². The van der Waals surface area contributed by atoms with Crippen molar-refractivity contribution in [1.82, 2.24) is 14.9 Å². The van der Waals surface area contributed by atoms with Gasteiger partial charge in [-0.25, -0.2) is 4.98 Å². The summed E-state index contributed by atoms with van der Waals surface area (Å²) in [6, 6.07) is 27.4. The number of amides is 1. The molecular formula is C30H28ClN3O2S. The lowest BCUT2D eigenvalue weighted by Crippen LogP contribution is -2.32. The largest absolute Gasteiger partial charge is 0.459 e. The van der Waals surface area contributed by atoms with Crippen LogP contribution >= 0.6 is 23.4 Å². The standard InChI is InChI=1S/C30H28ClN3O2S/c1-2-16-37-24-13-14-27-25(19-24)32-29(34(27)20-22-10-6-11-23(31)17-22)26(18-21-8-4-3-5-9-21)33-30(35)28-12-7-15-36-28/h3-15,17,19,26H,2,16,18,20H2,1H3,(H,33,35). The molecule has 5 aromatic rings. The molecule has 1 amide bonds. The number of fused-ring (bicyclic) bond motifs is 1. The Bertz CT molecular complexity index is 1480. The molecule has 1 atom stereocenters. The molecule has 0 saturated carbocycles. The zero-order chi connectivity index (χ0) is 25.6. The van der Waals surface area contributed by atoms with Gasteiger partial charge in [-0.15, -0.1) is 11.8 Å². The maximum Gasteiger partial charge on any atom is 0.287 e. The van der Waals surface area contributed by atoms with Crippen molar-refractivity contribution in [2.24, 2.45) is 0 Å². The highest BCUT2D eigenvalue weighted by Crippen LogP contribution is 2.29. The number of carbonyl (C=O) groups is 1. The van der Waals surface area contributed by atoms with Crippen LogP contribution in [0.4, 0.5) is 0 Å². The van der Waals surface area contributed by atoms with Crippen LogP contribution in [-0.2, 0) is 13.0 Å². The van der Waals surface area contributed by atoms with Crippen molar-refractivity contribution >= 4 is 40.3 Å². The number of nitrogens with one attached hydrogen (secondary N) is 1. The van der Waals surface area contributed by atoms with Crippen molar-refractivity contribution in [1.29, 1.82) is 0 Å². The van der Waals surface area contributed by atoms with E-state index in [0.717, 1.165) is 40.2 Å². The van der Waals surface area contributed by atoms with Gasteiger partial charge in [0.05, 0.1) is 23.3 Å². The molecule has 0 aliphatic heterocycles. The van der Waals surface area contributed by atoms with E-state index in [1.54, 1.807) is 12.1 Å². The van der Waals surface area contributed by atoms with Crippen LogP contribution in [0, 0.1) is 0 Å². The van der Waals surface area contributed by atoms with E-state index in [-0.39, 0.29) is 17.7 Å². The predicted molar refractivity (Wildman–Crippen MR) is 150 cm³/mol. The number of thioether (sulfide) groups is 1. The van der Waals surface area contributed by atoms with Crippen LogP contribution in [-0.4, -0.2) is 21.2 Å². The molecule has 1 N–H and O–H groups in total. The third-order valence-corrected chi connectivity index (χ3v) is 7.53. The first kappa shape index (κ1) is 25.2. The fraction of sp³-hybridized carbons (Fsp3) is 0.200. The number of imidazole rings is 1. The number of hydrogen-bond acceptors (Lipinski definition) is 4. The number of aromatic nitrogens is 2.